The maximum absolute atomic E-state index is 12.1. The van der Waals surface area contributed by atoms with Gasteiger partial charge in [-0.1, -0.05) is 29.8 Å². The molecule has 1 aromatic heterocycles. The van der Waals surface area contributed by atoms with Gasteiger partial charge >= 0.3 is 0 Å². The van der Waals surface area contributed by atoms with E-state index in [1.807, 2.05) is 12.1 Å². The molecule has 22 heavy (non-hydrogen) atoms. The number of aromatic hydroxyl groups is 1. The summed E-state index contributed by atoms with van der Waals surface area (Å²) in [5.41, 5.74) is 1.06. The standard InChI is InChI=1S/C17H11ClO4/c18-10-6-4-9(5-7-10)16-17(22-16)14-8-12(20)15-11(19)2-1-3-13(15)21-14/h1-8,16-17,19H/t16-,17-/m0/s1. The van der Waals surface area contributed by atoms with E-state index in [0.717, 1.165) is 5.56 Å². The van der Waals surface area contributed by atoms with Crippen molar-refractivity contribution < 1.29 is 14.3 Å². The summed E-state index contributed by atoms with van der Waals surface area (Å²) >= 11 is 5.87. The Labute approximate surface area is 130 Å². The highest BCUT2D eigenvalue weighted by Gasteiger charge is 2.43. The summed E-state index contributed by atoms with van der Waals surface area (Å²) < 4.78 is 11.3. The molecule has 0 aliphatic carbocycles. The monoisotopic (exact) mass is 314 g/mol. The predicted molar refractivity (Wildman–Crippen MR) is 82.2 cm³/mol. The number of hydrogen-bond donors (Lipinski definition) is 1. The van der Waals surface area contributed by atoms with E-state index in [2.05, 4.69) is 0 Å². The van der Waals surface area contributed by atoms with E-state index in [0.29, 0.717) is 16.4 Å². The second-order valence-corrected chi connectivity index (χ2v) is 5.63. The molecule has 4 nitrogen and oxygen atoms in total. The Morgan fingerprint density at radius 2 is 1.82 bits per heavy atom. The van der Waals surface area contributed by atoms with Gasteiger partial charge in [-0.15, -0.1) is 0 Å². The first-order valence-corrected chi connectivity index (χ1v) is 7.18. The Balaban J connectivity index is 1.71. The molecule has 4 rings (SSSR count). The number of hydrogen-bond acceptors (Lipinski definition) is 4. The van der Waals surface area contributed by atoms with Crippen molar-refractivity contribution in [2.24, 2.45) is 0 Å². The van der Waals surface area contributed by atoms with E-state index in [4.69, 9.17) is 20.8 Å². The van der Waals surface area contributed by atoms with Crippen molar-refractivity contribution in [3.05, 3.63) is 75.1 Å². The second-order valence-electron chi connectivity index (χ2n) is 5.19. The van der Waals surface area contributed by atoms with Gasteiger partial charge in [0.2, 0.25) is 0 Å². The van der Waals surface area contributed by atoms with Crippen LogP contribution >= 0.6 is 11.6 Å². The van der Waals surface area contributed by atoms with Gasteiger partial charge in [0, 0.05) is 11.1 Å². The molecule has 2 heterocycles. The highest BCUT2D eigenvalue weighted by atomic mass is 35.5. The van der Waals surface area contributed by atoms with Crippen molar-refractivity contribution in [3.63, 3.8) is 0 Å². The van der Waals surface area contributed by atoms with Crippen molar-refractivity contribution in [2.45, 2.75) is 12.2 Å². The van der Waals surface area contributed by atoms with Crippen LogP contribution in [0.5, 0.6) is 5.75 Å². The normalized spacial score (nSPS) is 20.2. The molecule has 1 aliphatic rings. The Kier molecular flexibility index (Phi) is 2.96. The molecule has 1 saturated heterocycles. The van der Waals surface area contributed by atoms with Gasteiger partial charge in [-0.3, -0.25) is 4.79 Å². The van der Waals surface area contributed by atoms with Crippen LogP contribution in [-0.2, 0) is 4.74 Å². The minimum atomic E-state index is -0.291. The van der Waals surface area contributed by atoms with Crippen LogP contribution in [0, 0.1) is 0 Å². The number of benzene rings is 2. The van der Waals surface area contributed by atoms with Gasteiger partial charge in [-0.2, -0.15) is 0 Å². The summed E-state index contributed by atoms with van der Waals surface area (Å²) in [5.74, 6) is 0.381. The lowest BCUT2D eigenvalue weighted by Crippen LogP contribution is -2.02. The fourth-order valence-corrected chi connectivity index (χ4v) is 2.71. The molecule has 1 fully saturated rings. The lowest BCUT2D eigenvalue weighted by molar-refractivity contribution is 0.351. The third-order valence-corrected chi connectivity index (χ3v) is 3.97. The number of halogens is 1. The zero-order valence-electron chi connectivity index (χ0n) is 11.3. The van der Waals surface area contributed by atoms with Crippen LogP contribution in [0.15, 0.2) is 57.7 Å². The van der Waals surface area contributed by atoms with Crippen LogP contribution in [0.25, 0.3) is 11.0 Å². The van der Waals surface area contributed by atoms with Gasteiger partial charge in [0.25, 0.3) is 0 Å². The number of epoxide rings is 1. The van der Waals surface area contributed by atoms with Gasteiger partial charge in [0.15, 0.2) is 5.43 Å². The minimum absolute atomic E-state index is 0.0798. The molecule has 0 amide bonds. The Hall–Kier alpha value is -2.30. The average Bonchev–Trinajstić information content (AvgIpc) is 3.28. The van der Waals surface area contributed by atoms with E-state index >= 15 is 0 Å². The molecule has 1 aliphatic heterocycles. The van der Waals surface area contributed by atoms with Crippen molar-refractivity contribution in [1.29, 1.82) is 0 Å². The maximum Gasteiger partial charge on any atom is 0.196 e. The van der Waals surface area contributed by atoms with E-state index in [1.54, 1.807) is 24.3 Å². The van der Waals surface area contributed by atoms with Crippen molar-refractivity contribution in [1.82, 2.24) is 0 Å². The molecular weight excluding hydrogens is 304 g/mol. The molecule has 0 unspecified atom stereocenters. The molecule has 2 atom stereocenters. The van der Waals surface area contributed by atoms with Gasteiger partial charge in [-0.25, -0.2) is 0 Å². The van der Waals surface area contributed by atoms with Crippen LogP contribution in [0.1, 0.15) is 23.5 Å². The summed E-state index contributed by atoms with van der Waals surface area (Å²) in [5, 5.41) is 10.6. The quantitative estimate of drug-likeness (QED) is 0.727. The SMILES string of the molecule is O=c1cc([C@@H]2O[C@H]2c2ccc(Cl)cc2)oc2cccc(O)c12. The fraction of sp³-hybridized carbons (Fsp3) is 0.118. The maximum atomic E-state index is 12.1. The van der Waals surface area contributed by atoms with E-state index in [1.165, 1.54) is 12.1 Å². The second kappa shape index (κ2) is 4.87. The number of rotatable bonds is 2. The summed E-state index contributed by atoms with van der Waals surface area (Å²) in [6, 6.07) is 13.5. The number of phenols is 1. The van der Waals surface area contributed by atoms with E-state index in [-0.39, 0.29) is 28.8 Å². The van der Waals surface area contributed by atoms with E-state index < -0.39 is 0 Å². The largest absolute Gasteiger partial charge is 0.507 e. The molecule has 5 heteroatoms. The topological polar surface area (TPSA) is 63.0 Å². The van der Waals surface area contributed by atoms with Gasteiger partial charge in [-0.05, 0) is 29.8 Å². The Morgan fingerprint density at radius 3 is 2.59 bits per heavy atom. The summed E-state index contributed by atoms with van der Waals surface area (Å²) in [4.78, 5) is 12.1. The number of phenolic OH excluding ortho intramolecular Hbond substituents is 1. The predicted octanol–water partition coefficient (Wildman–Crippen LogP) is 3.96. The first-order valence-electron chi connectivity index (χ1n) is 6.80. The molecular formula is C17H11ClO4. The van der Waals surface area contributed by atoms with Gasteiger partial charge in [0.05, 0.1) is 0 Å². The molecule has 0 saturated carbocycles. The van der Waals surface area contributed by atoms with Crippen LogP contribution in [-0.4, -0.2) is 5.11 Å². The van der Waals surface area contributed by atoms with E-state index in [9.17, 15) is 9.90 Å². The van der Waals surface area contributed by atoms with Crippen molar-refractivity contribution in [3.8, 4) is 5.75 Å². The molecule has 2 aromatic carbocycles. The average molecular weight is 315 g/mol. The number of fused-ring (bicyclic) bond motifs is 1. The first-order chi connectivity index (χ1) is 10.6. The third kappa shape index (κ3) is 2.17. The minimum Gasteiger partial charge on any atom is -0.507 e. The Bertz CT molecular complexity index is 914. The summed E-state index contributed by atoms with van der Waals surface area (Å²) in [7, 11) is 0. The molecule has 110 valence electrons. The highest BCUT2D eigenvalue weighted by molar-refractivity contribution is 6.30. The summed E-state index contributed by atoms with van der Waals surface area (Å²) in [6.07, 6.45) is -0.434. The molecule has 1 N–H and O–H groups in total. The lowest BCUT2D eigenvalue weighted by atomic mass is 10.1. The first kappa shape index (κ1) is 13.4. The van der Waals surface area contributed by atoms with Crippen molar-refractivity contribution in [2.75, 3.05) is 0 Å². The highest BCUT2D eigenvalue weighted by Crippen LogP contribution is 2.51. The third-order valence-electron chi connectivity index (χ3n) is 3.72. The molecule has 0 radical (unpaired) electrons. The van der Waals surface area contributed by atoms with Crippen LogP contribution in [0.2, 0.25) is 5.02 Å². The molecule has 3 aromatic rings. The summed E-state index contributed by atoms with van der Waals surface area (Å²) in [6.45, 7) is 0. The number of ether oxygens (including phenoxy) is 1. The van der Waals surface area contributed by atoms with Crippen LogP contribution in [0.4, 0.5) is 0 Å². The van der Waals surface area contributed by atoms with Gasteiger partial charge in [0.1, 0.15) is 34.7 Å². The van der Waals surface area contributed by atoms with Gasteiger partial charge < -0.3 is 14.3 Å². The zero-order chi connectivity index (χ0) is 15.3. The zero-order valence-corrected chi connectivity index (χ0v) is 12.1. The Morgan fingerprint density at radius 1 is 1.05 bits per heavy atom. The van der Waals surface area contributed by atoms with Crippen LogP contribution < -0.4 is 5.43 Å². The van der Waals surface area contributed by atoms with Crippen molar-refractivity contribution >= 4 is 22.6 Å². The smallest absolute Gasteiger partial charge is 0.196 e. The molecule has 0 spiro atoms. The molecule has 0 bridgehead atoms. The fourth-order valence-electron chi connectivity index (χ4n) is 2.58. The lowest BCUT2D eigenvalue weighted by Gasteiger charge is -2.02. The van der Waals surface area contributed by atoms with Crippen LogP contribution in [0.3, 0.4) is 0 Å².